The van der Waals surface area contributed by atoms with Gasteiger partial charge in [-0.3, -0.25) is 14.6 Å². The van der Waals surface area contributed by atoms with E-state index >= 15 is 0 Å². The minimum Gasteiger partial charge on any atom is -0.296 e. The van der Waals surface area contributed by atoms with Gasteiger partial charge in [0.1, 0.15) is 0 Å². The fraction of sp³-hybridized carbons (Fsp3) is 0.125. The predicted octanol–water partition coefficient (Wildman–Crippen LogP) is 4.92. The number of rotatable bonds is 5. The largest absolute Gasteiger partial charge is 0.296 e. The van der Waals surface area contributed by atoms with Gasteiger partial charge in [-0.05, 0) is 35.7 Å². The topological polar surface area (TPSA) is 49.7 Å². The first-order valence-electron chi connectivity index (χ1n) is 9.42. The summed E-state index contributed by atoms with van der Waals surface area (Å²) in [7, 11) is 0. The van der Waals surface area contributed by atoms with E-state index in [1.54, 1.807) is 42.6 Å². The maximum atomic E-state index is 13.3. The number of nitrogens with zero attached hydrogens (tertiary/aromatic N) is 2. The summed E-state index contributed by atoms with van der Waals surface area (Å²) in [6.45, 7) is 0.565. The Balaban J connectivity index is 1.64. The summed E-state index contributed by atoms with van der Waals surface area (Å²) in [4.78, 5) is 32.0. The minimum atomic E-state index is -0.629. The summed E-state index contributed by atoms with van der Waals surface area (Å²) in [5.41, 5.74) is 2.75. The first kappa shape index (κ1) is 19.1. The molecule has 0 aromatic heterocycles. The average molecular weight is 403 g/mol. The van der Waals surface area contributed by atoms with Crippen molar-refractivity contribution >= 4 is 35.3 Å². The lowest BCUT2D eigenvalue weighted by atomic mass is 9.89. The van der Waals surface area contributed by atoms with Crippen molar-refractivity contribution in [3.63, 3.8) is 0 Å². The maximum absolute atomic E-state index is 13.3. The van der Waals surface area contributed by atoms with Crippen LogP contribution in [-0.4, -0.2) is 24.6 Å². The number of para-hydroxylation sites is 1. The Morgan fingerprint density at radius 2 is 1.59 bits per heavy atom. The van der Waals surface area contributed by atoms with Gasteiger partial charge in [0.15, 0.2) is 0 Å². The Hall–Kier alpha value is -3.24. The Bertz CT molecular complexity index is 1080. The van der Waals surface area contributed by atoms with Crippen molar-refractivity contribution in [2.75, 3.05) is 11.4 Å². The summed E-state index contributed by atoms with van der Waals surface area (Å²) < 4.78 is 0. The van der Waals surface area contributed by atoms with E-state index in [9.17, 15) is 9.59 Å². The number of fused-ring (bicyclic) bond motifs is 1. The van der Waals surface area contributed by atoms with Gasteiger partial charge >= 0.3 is 0 Å². The molecule has 0 spiro atoms. The Morgan fingerprint density at radius 3 is 2.38 bits per heavy atom. The van der Waals surface area contributed by atoms with Crippen LogP contribution in [0.2, 0.25) is 5.02 Å². The summed E-state index contributed by atoms with van der Waals surface area (Å²) in [5.74, 6) is -1.34. The molecule has 5 heteroatoms. The van der Waals surface area contributed by atoms with Gasteiger partial charge in [-0.1, -0.05) is 72.3 Å². The number of halogens is 1. The van der Waals surface area contributed by atoms with Crippen LogP contribution in [0.3, 0.4) is 0 Å². The zero-order chi connectivity index (χ0) is 20.2. The van der Waals surface area contributed by atoms with Crippen molar-refractivity contribution < 1.29 is 9.59 Å². The fourth-order valence-electron chi connectivity index (χ4n) is 3.48. The van der Waals surface area contributed by atoms with Gasteiger partial charge in [-0.2, -0.15) is 0 Å². The zero-order valence-corrected chi connectivity index (χ0v) is 16.4. The van der Waals surface area contributed by atoms with Crippen molar-refractivity contribution in [2.45, 2.75) is 12.3 Å². The van der Waals surface area contributed by atoms with Crippen LogP contribution in [0, 0.1) is 0 Å². The van der Waals surface area contributed by atoms with Gasteiger partial charge in [-0.25, -0.2) is 4.90 Å². The second-order valence-corrected chi connectivity index (χ2v) is 7.19. The molecule has 144 valence electrons. The lowest BCUT2D eigenvalue weighted by molar-refractivity contribution is -0.118. The van der Waals surface area contributed by atoms with Crippen LogP contribution >= 0.6 is 11.6 Å². The number of carbonyl (C=O) groups excluding carboxylic acids is 2. The first-order valence-corrected chi connectivity index (χ1v) is 9.80. The SMILES string of the molecule is O=C1c2ccccc2C(C=NCCc2ccccc2)C(=O)N1c1ccccc1Cl. The van der Waals surface area contributed by atoms with Crippen LogP contribution in [0.25, 0.3) is 0 Å². The van der Waals surface area contributed by atoms with E-state index < -0.39 is 5.92 Å². The second-order valence-electron chi connectivity index (χ2n) is 6.79. The Kier molecular flexibility index (Phi) is 5.54. The van der Waals surface area contributed by atoms with Crippen LogP contribution in [-0.2, 0) is 11.2 Å². The lowest BCUT2D eigenvalue weighted by Gasteiger charge is -2.31. The molecule has 0 saturated heterocycles. The molecule has 1 unspecified atom stereocenters. The first-order chi connectivity index (χ1) is 14.2. The third kappa shape index (κ3) is 3.84. The van der Waals surface area contributed by atoms with Crippen molar-refractivity contribution in [1.29, 1.82) is 0 Å². The number of aliphatic imine (C=N–C) groups is 1. The number of imide groups is 1. The van der Waals surface area contributed by atoms with E-state index in [0.29, 0.717) is 28.4 Å². The van der Waals surface area contributed by atoms with Gasteiger partial charge in [0, 0.05) is 18.3 Å². The van der Waals surface area contributed by atoms with Crippen molar-refractivity contribution in [1.82, 2.24) is 0 Å². The molecule has 2 amide bonds. The van der Waals surface area contributed by atoms with Gasteiger partial charge in [0.2, 0.25) is 5.91 Å². The van der Waals surface area contributed by atoms with E-state index in [1.807, 2.05) is 42.5 Å². The molecule has 1 aliphatic rings. The number of anilines is 1. The predicted molar refractivity (Wildman–Crippen MR) is 116 cm³/mol. The Labute approximate surface area is 174 Å². The summed E-state index contributed by atoms with van der Waals surface area (Å²) >= 11 is 6.28. The third-order valence-corrected chi connectivity index (χ3v) is 5.26. The molecule has 4 nitrogen and oxygen atoms in total. The van der Waals surface area contributed by atoms with Crippen molar-refractivity contribution in [2.24, 2.45) is 4.99 Å². The molecular formula is C24H19ClN2O2. The van der Waals surface area contributed by atoms with Crippen LogP contribution in [0.4, 0.5) is 5.69 Å². The maximum Gasteiger partial charge on any atom is 0.265 e. The molecule has 1 heterocycles. The zero-order valence-electron chi connectivity index (χ0n) is 15.7. The van der Waals surface area contributed by atoms with Crippen LogP contribution < -0.4 is 4.90 Å². The molecule has 0 saturated carbocycles. The molecule has 4 rings (SSSR count). The lowest BCUT2D eigenvalue weighted by Crippen LogP contribution is -2.45. The van der Waals surface area contributed by atoms with Crippen LogP contribution in [0.5, 0.6) is 0 Å². The molecule has 29 heavy (non-hydrogen) atoms. The number of carbonyl (C=O) groups is 2. The Morgan fingerprint density at radius 1 is 0.897 bits per heavy atom. The van der Waals surface area contributed by atoms with E-state index in [1.165, 1.54) is 10.5 Å². The van der Waals surface area contributed by atoms with Gasteiger partial charge in [0.25, 0.3) is 5.91 Å². The molecule has 0 N–H and O–H groups in total. The van der Waals surface area contributed by atoms with E-state index in [2.05, 4.69) is 4.99 Å². The van der Waals surface area contributed by atoms with E-state index in [0.717, 1.165) is 6.42 Å². The molecule has 1 atom stereocenters. The summed E-state index contributed by atoms with van der Waals surface area (Å²) in [6, 6.07) is 24.1. The molecule has 3 aromatic rings. The molecule has 1 aliphatic heterocycles. The van der Waals surface area contributed by atoms with Gasteiger partial charge in [-0.15, -0.1) is 0 Å². The highest BCUT2D eigenvalue weighted by Crippen LogP contribution is 2.35. The van der Waals surface area contributed by atoms with Crippen LogP contribution in [0.1, 0.15) is 27.4 Å². The van der Waals surface area contributed by atoms with E-state index in [-0.39, 0.29) is 11.8 Å². The summed E-state index contributed by atoms with van der Waals surface area (Å²) in [6.07, 6.45) is 2.44. The highest BCUT2D eigenvalue weighted by molar-refractivity contribution is 6.37. The number of amides is 2. The molecule has 0 bridgehead atoms. The number of benzene rings is 3. The standard InChI is InChI=1S/C24H19ClN2O2/c25-21-12-6-7-13-22(21)27-23(28)19-11-5-4-10-18(19)20(24(27)29)16-26-15-14-17-8-2-1-3-9-17/h1-13,16,20H,14-15H2. The normalized spacial score (nSPS) is 16.3. The molecule has 0 aliphatic carbocycles. The number of hydrogen-bond donors (Lipinski definition) is 0. The third-order valence-electron chi connectivity index (χ3n) is 4.94. The monoisotopic (exact) mass is 402 g/mol. The fourth-order valence-corrected chi connectivity index (χ4v) is 3.70. The molecular weight excluding hydrogens is 384 g/mol. The summed E-state index contributed by atoms with van der Waals surface area (Å²) in [5, 5.41) is 0.355. The van der Waals surface area contributed by atoms with Gasteiger partial charge in [0.05, 0.1) is 16.6 Å². The molecule has 0 radical (unpaired) electrons. The highest BCUT2D eigenvalue weighted by Gasteiger charge is 2.39. The van der Waals surface area contributed by atoms with Crippen LogP contribution in [0.15, 0.2) is 83.9 Å². The minimum absolute atomic E-state index is 0.342. The van der Waals surface area contributed by atoms with Gasteiger partial charge < -0.3 is 0 Å². The average Bonchev–Trinajstić information content (AvgIpc) is 2.75. The smallest absolute Gasteiger partial charge is 0.265 e. The van der Waals surface area contributed by atoms with E-state index in [4.69, 9.17) is 11.6 Å². The van der Waals surface area contributed by atoms with Crippen molar-refractivity contribution in [3.05, 3.63) is 101 Å². The number of hydrogen-bond acceptors (Lipinski definition) is 3. The highest BCUT2D eigenvalue weighted by atomic mass is 35.5. The second kappa shape index (κ2) is 8.41. The van der Waals surface area contributed by atoms with Crippen molar-refractivity contribution in [3.8, 4) is 0 Å². The quantitative estimate of drug-likeness (QED) is 0.449. The molecule has 3 aromatic carbocycles. The molecule has 0 fully saturated rings.